The maximum Gasteiger partial charge on any atom is 0.206 e. The first-order chi connectivity index (χ1) is 27.3. The van der Waals surface area contributed by atoms with Crippen LogP contribution in [0.4, 0.5) is 0 Å². The highest BCUT2D eigenvalue weighted by Crippen LogP contribution is 2.35. The van der Waals surface area contributed by atoms with Crippen molar-refractivity contribution in [3.63, 3.8) is 0 Å². The second kappa shape index (κ2) is 18.4. The van der Waals surface area contributed by atoms with Gasteiger partial charge < -0.3 is 0 Å². The Kier molecular flexibility index (Phi) is 12.9. The average Bonchev–Trinajstić information content (AvgIpc) is 3.27. The van der Waals surface area contributed by atoms with Crippen LogP contribution >= 0.6 is 0 Å². The molecule has 0 saturated heterocycles. The summed E-state index contributed by atoms with van der Waals surface area (Å²) in [5.41, 5.74) is 0. The van der Waals surface area contributed by atoms with Gasteiger partial charge in [0, 0.05) is 0 Å². The molecule has 282 valence electrons. The first-order valence-electron chi connectivity index (χ1n) is 18.8. The summed E-state index contributed by atoms with van der Waals surface area (Å²) in [7, 11) is -7.28. The second-order valence-corrected chi connectivity index (χ2v) is 21.7. The second-order valence-electron chi connectivity index (χ2n) is 13.4. The van der Waals surface area contributed by atoms with Crippen molar-refractivity contribution in [3.8, 4) is 0 Å². The van der Waals surface area contributed by atoms with Gasteiger partial charge in [-0.3, -0.25) is 0 Å². The summed E-state index contributed by atoms with van der Waals surface area (Å²) in [6.07, 6.45) is 4.79. The van der Waals surface area contributed by atoms with Gasteiger partial charge in [0.15, 0.2) is 39.2 Å². The molecule has 0 aliphatic heterocycles. The van der Waals surface area contributed by atoms with Crippen molar-refractivity contribution < 1.29 is 16.8 Å². The van der Waals surface area contributed by atoms with Gasteiger partial charge in [0.05, 0.1) is 41.7 Å². The summed E-state index contributed by atoms with van der Waals surface area (Å²) in [6.45, 7) is 0. The van der Waals surface area contributed by atoms with Gasteiger partial charge in [-0.2, -0.15) is 0 Å². The van der Waals surface area contributed by atoms with Crippen molar-refractivity contribution in [3.05, 3.63) is 200 Å². The first-order valence-corrected chi connectivity index (χ1v) is 24.2. The standard InChI is InChI=1S/C24H25O2S2.C24H19O2S2/c2*25-28(26,23-14-8-3-9-15-23)24-18-16-22(17-19-24)27(20-10-4-1-5-11-20)21-12-6-2-7-13-21/h1-2,4-7,10-13,16-19,23H,3,8-9,14-15H2;1-19H/q2*+1. The molecule has 8 rings (SSSR count). The lowest BCUT2D eigenvalue weighted by Crippen LogP contribution is -2.24. The average molecular weight is 813 g/mol. The molecular formula is C48H44O4S4+2. The van der Waals surface area contributed by atoms with E-state index >= 15 is 0 Å². The molecule has 1 aliphatic rings. The van der Waals surface area contributed by atoms with E-state index in [0.29, 0.717) is 14.7 Å². The van der Waals surface area contributed by atoms with E-state index in [0.717, 1.165) is 41.9 Å². The lowest BCUT2D eigenvalue weighted by Gasteiger charge is -2.21. The lowest BCUT2D eigenvalue weighted by molar-refractivity contribution is 0.483. The lowest BCUT2D eigenvalue weighted by atomic mass is 10.0. The Balaban J connectivity index is 0.000000172. The molecule has 7 aromatic carbocycles. The van der Waals surface area contributed by atoms with Gasteiger partial charge in [-0.05, 0) is 122 Å². The third-order valence-electron chi connectivity index (χ3n) is 9.72. The smallest absolute Gasteiger partial charge is 0.206 e. The van der Waals surface area contributed by atoms with Crippen molar-refractivity contribution in [1.29, 1.82) is 0 Å². The van der Waals surface area contributed by atoms with E-state index in [1.54, 1.807) is 36.4 Å². The molecule has 8 heteroatoms. The van der Waals surface area contributed by atoms with E-state index in [-0.39, 0.29) is 27.0 Å². The zero-order valence-corrected chi connectivity index (χ0v) is 34.2. The Bertz CT molecular complexity index is 2410. The molecule has 7 aromatic rings. The van der Waals surface area contributed by atoms with Crippen molar-refractivity contribution >= 4 is 41.5 Å². The van der Waals surface area contributed by atoms with Crippen molar-refractivity contribution in [2.24, 2.45) is 0 Å². The number of benzene rings is 7. The predicted molar refractivity (Wildman–Crippen MR) is 229 cm³/mol. The highest BCUT2D eigenvalue weighted by Gasteiger charge is 2.32. The van der Waals surface area contributed by atoms with E-state index < -0.39 is 19.7 Å². The molecular weight excluding hydrogens is 769 g/mol. The first kappa shape index (κ1) is 39.4. The summed E-state index contributed by atoms with van der Waals surface area (Å²) >= 11 is 0. The summed E-state index contributed by atoms with van der Waals surface area (Å²) in [4.78, 5) is 8.19. The molecule has 1 aliphatic carbocycles. The number of rotatable bonds is 10. The molecule has 0 radical (unpaired) electrons. The van der Waals surface area contributed by atoms with E-state index in [1.807, 2.05) is 91.0 Å². The summed E-state index contributed by atoms with van der Waals surface area (Å²) in [5.74, 6) is 0. The van der Waals surface area contributed by atoms with Gasteiger partial charge in [0.25, 0.3) is 0 Å². The summed E-state index contributed by atoms with van der Waals surface area (Å²) in [6, 6.07) is 64.9. The van der Waals surface area contributed by atoms with E-state index in [1.165, 1.54) is 19.6 Å². The van der Waals surface area contributed by atoms with Gasteiger partial charge in [-0.25, -0.2) is 16.8 Å². The minimum atomic E-state index is -3.51. The minimum absolute atomic E-state index is 0.214. The molecule has 0 heterocycles. The topological polar surface area (TPSA) is 68.3 Å². The van der Waals surface area contributed by atoms with Crippen LogP contribution in [0.25, 0.3) is 0 Å². The molecule has 56 heavy (non-hydrogen) atoms. The van der Waals surface area contributed by atoms with Crippen molar-refractivity contribution in [2.75, 3.05) is 0 Å². The van der Waals surface area contributed by atoms with Gasteiger partial charge in [-0.1, -0.05) is 110 Å². The van der Waals surface area contributed by atoms with Crippen LogP contribution in [0.2, 0.25) is 0 Å². The maximum atomic E-state index is 13.0. The molecule has 1 saturated carbocycles. The van der Waals surface area contributed by atoms with Crippen LogP contribution in [0.5, 0.6) is 0 Å². The number of hydrogen-bond acceptors (Lipinski definition) is 4. The van der Waals surface area contributed by atoms with Gasteiger partial charge in [-0.15, -0.1) is 0 Å². The van der Waals surface area contributed by atoms with Crippen LogP contribution in [0.15, 0.2) is 244 Å². The van der Waals surface area contributed by atoms with Gasteiger partial charge in [0.1, 0.15) is 0 Å². The fourth-order valence-electron chi connectivity index (χ4n) is 6.87. The van der Waals surface area contributed by atoms with Crippen LogP contribution in [-0.4, -0.2) is 22.1 Å². The quantitative estimate of drug-likeness (QED) is 0.129. The van der Waals surface area contributed by atoms with Crippen LogP contribution < -0.4 is 0 Å². The fourth-order valence-corrected chi connectivity index (χ4v) is 14.2. The summed E-state index contributed by atoms with van der Waals surface area (Å²) < 4.78 is 51.7. The van der Waals surface area contributed by atoms with Crippen LogP contribution in [0, 0.1) is 0 Å². The highest BCUT2D eigenvalue weighted by molar-refractivity contribution is 7.97. The van der Waals surface area contributed by atoms with E-state index in [9.17, 15) is 16.8 Å². The third kappa shape index (κ3) is 9.22. The van der Waals surface area contributed by atoms with Crippen LogP contribution in [0.3, 0.4) is 0 Å². The Morgan fingerprint density at radius 1 is 0.321 bits per heavy atom. The Hall–Kier alpha value is -4.86. The third-order valence-corrected chi connectivity index (χ3v) is 18.2. The molecule has 4 nitrogen and oxygen atoms in total. The zero-order chi connectivity index (χ0) is 38.8. The van der Waals surface area contributed by atoms with Gasteiger partial charge >= 0.3 is 0 Å². The molecule has 1 fully saturated rings. The normalized spacial score (nSPS) is 13.5. The molecule has 0 N–H and O–H groups in total. The SMILES string of the molecule is O=S(=O)(c1ccc([S+](c2ccccc2)c2ccccc2)cc1)C1CCCCC1.O=S(=O)(c1ccccc1)c1ccc([S+](c2ccccc2)c2ccccc2)cc1. The number of hydrogen-bond donors (Lipinski definition) is 0. The molecule has 0 bridgehead atoms. The molecule has 0 atom stereocenters. The molecule has 0 aromatic heterocycles. The minimum Gasteiger partial charge on any atom is -0.223 e. The highest BCUT2D eigenvalue weighted by atomic mass is 32.2. The van der Waals surface area contributed by atoms with Crippen LogP contribution in [-0.2, 0) is 41.5 Å². The fraction of sp³-hybridized carbons (Fsp3) is 0.125. The number of sulfone groups is 2. The van der Waals surface area contributed by atoms with Crippen molar-refractivity contribution in [2.45, 2.75) is 81.4 Å². The molecule has 0 spiro atoms. The van der Waals surface area contributed by atoms with Crippen LogP contribution in [0.1, 0.15) is 32.1 Å². The van der Waals surface area contributed by atoms with E-state index in [4.69, 9.17) is 0 Å². The van der Waals surface area contributed by atoms with Gasteiger partial charge in [0.2, 0.25) is 9.84 Å². The predicted octanol–water partition coefficient (Wildman–Crippen LogP) is 11.5. The molecule has 0 unspecified atom stereocenters. The Labute approximate surface area is 337 Å². The maximum absolute atomic E-state index is 13.0. The van der Waals surface area contributed by atoms with Crippen molar-refractivity contribution in [1.82, 2.24) is 0 Å². The Morgan fingerprint density at radius 2 is 0.607 bits per heavy atom. The monoisotopic (exact) mass is 812 g/mol. The Morgan fingerprint density at radius 3 is 0.964 bits per heavy atom. The largest absolute Gasteiger partial charge is 0.223 e. The zero-order valence-electron chi connectivity index (χ0n) is 30.9. The van der Waals surface area contributed by atoms with E-state index in [2.05, 4.69) is 72.8 Å². The molecule has 0 amide bonds. The summed E-state index contributed by atoms with van der Waals surface area (Å²) in [5, 5.41) is -0.214.